The minimum absolute atomic E-state index is 0.0689. The summed E-state index contributed by atoms with van der Waals surface area (Å²) in [5, 5.41) is 19.7. The molecule has 22 heavy (non-hydrogen) atoms. The molecular formula is C16H15NO5. The molecule has 0 bridgehead atoms. The van der Waals surface area contributed by atoms with Crippen molar-refractivity contribution in [1.29, 1.82) is 0 Å². The summed E-state index contributed by atoms with van der Waals surface area (Å²) in [5.74, 6) is 0. The van der Waals surface area contributed by atoms with Gasteiger partial charge in [0.2, 0.25) is 0 Å². The lowest BCUT2D eigenvalue weighted by Crippen LogP contribution is -1.97. The normalized spacial score (nSPS) is 10.5. The van der Waals surface area contributed by atoms with Gasteiger partial charge >= 0.3 is 0 Å². The van der Waals surface area contributed by atoms with Crippen molar-refractivity contribution in [3.63, 3.8) is 0 Å². The fraction of sp³-hybridized carbons (Fsp3) is 0.188. The zero-order chi connectivity index (χ0) is 16.1. The van der Waals surface area contributed by atoms with Gasteiger partial charge < -0.3 is 0 Å². The van der Waals surface area contributed by atoms with E-state index in [2.05, 4.69) is 4.89 Å². The van der Waals surface area contributed by atoms with Crippen molar-refractivity contribution in [3.8, 4) is 11.1 Å². The van der Waals surface area contributed by atoms with Crippen LogP contribution >= 0.6 is 0 Å². The maximum Gasteiger partial charge on any atom is 0.273 e. The number of carbonyl (C=O) groups excluding carboxylic acids is 1. The van der Waals surface area contributed by atoms with E-state index in [1.54, 1.807) is 30.3 Å². The summed E-state index contributed by atoms with van der Waals surface area (Å²) >= 11 is 0. The molecule has 0 heterocycles. The van der Waals surface area contributed by atoms with Crippen LogP contribution < -0.4 is 0 Å². The maximum absolute atomic E-state index is 11.1. The topological polar surface area (TPSA) is 89.7 Å². The molecule has 0 spiro atoms. The molecule has 0 unspecified atom stereocenters. The predicted octanol–water partition coefficient (Wildman–Crippen LogP) is 3.63. The van der Waals surface area contributed by atoms with Gasteiger partial charge in [0.05, 0.1) is 4.92 Å². The highest BCUT2D eigenvalue weighted by atomic mass is 17.1. The average Bonchev–Trinajstić information content (AvgIpc) is 2.54. The van der Waals surface area contributed by atoms with Gasteiger partial charge in [-0.1, -0.05) is 31.2 Å². The third-order valence-corrected chi connectivity index (χ3v) is 3.49. The van der Waals surface area contributed by atoms with Crippen LogP contribution in [0.1, 0.15) is 28.4 Å². The zero-order valence-corrected chi connectivity index (χ0v) is 12.0. The van der Waals surface area contributed by atoms with Crippen LogP contribution in [0.3, 0.4) is 0 Å². The molecule has 1 N–H and O–H groups in total. The van der Waals surface area contributed by atoms with Crippen LogP contribution in [0.5, 0.6) is 0 Å². The minimum Gasteiger partial charge on any atom is -0.298 e. The highest BCUT2D eigenvalue weighted by Crippen LogP contribution is 2.29. The average molecular weight is 301 g/mol. The third-order valence-electron chi connectivity index (χ3n) is 3.49. The minimum atomic E-state index is -0.403. The Balaban J connectivity index is 2.52. The smallest absolute Gasteiger partial charge is 0.273 e. The molecule has 6 nitrogen and oxygen atoms in total. The van der Waals surface area contributed by atoms with Crippen molar-refractivity contribution < 1.29 is 19.9 Å². The van der Waals surface area contributed by atoms with Crippen LogP contribution in [-0.2, 0) is 17.9 Å². The lowest BCUT2D eigenvalue weighted by atomic mass is 9.97. The van der Waals surface area contributed by atoms with E-state index in [4.69, 9.17) is 5.26 Å². The summed E-state index contributed by atoms with van der Waals surface area (Å²) in [6, 6.07) is 10.0. The number of rotatable bonds is 6. The van der Waals surface area contributed by atoms with Crippen LogP contribution in [0.2, 0.25) is 0 Å². The van der Waals surface area contributed by atoms with E-state index >= 15 is 0 Å². The Hall–Kier alpha value is -2.57. The Morgan fingerprint density at radius 3 is 2.45 bits per heavy atom. The van der Waals surface area contributed by atoms with Crippen LogP contribution in [0.15, 0.2) is 36.4 Å². The van der Waals surface area contributed by atoms with Gasteiger partial charge in [0.15, 0.2) is 0 Å². The molecule has 0 radical (unpaired) electrons. The highest BCUT2D eigenvalue weighted by Gasteiger charge is 2.14. The van der Waals surface area contributed by atoms with Crippen molar-refractivity contribution in [2.75, 3.05) is 0 Å². The summed E-state index contributed by atoms with van der Waals surface area (Å²) in [6.07, 6.45) is 1.24. The second kappa shape index (κ2) is 6.93. The zero-order valence-electron chi connectivity index (χ0n) is 12.0. The molecule has 0 saturated heterocycles. The van der Waals surface area contributed by atoms with Gasteiger partial charge in [0.1, 0.15) is 12.9 Å². The third kappa shape index (κ3) is 3.19. The Kier molecular flexibility index (Phi) is 4.98. The molecule has 0 aliphatic carbocycles. The maximum atomic E-state index is 11.1. The number of aldehydes is 1. The summed E-state index contributed by atoms with van der Waals surface area (Å²) in [5.41, 5.74) is 3.02. The summed E-state index contributed by atoms with van der Waals surface area (Å²) < 4.78 is 0. The Labute approximate surface area is 127 Å². The number of nitro groups is 1. The lowest BCUT2D eigenvalue weighted by Gasteiger charge is -2.08. The molecule has 0 amide bonds. The number of carbonyl (C=O) groups is 1. The molecule has 2 rings (SSSR count). The van der Waals surface area contributed by atoms with Gasteiger partial charge in [-0.15, -0.1) is 0 Å². The van der Waals surface area contributed by atoms with E-state index in [0.717, 1.165) is 0 Å². The van der Waals surface area contributed by atoms with Gasteiger partial charge in [0, 0.05) is 17.2 Å². The fourth-order valence-corrected chi connectivity index (χ4v) is 2.31. The van der Waals surface area contributed by atoms with Crippen LogP contribution in [-0.4, -0.2) is 16.5 Å². The van der Waals surface area contributed by atoms with E-state index in [-0.39, 0.29) is 12.3 Å². The standard InChI is InChI=1S/C16H15NO5/c1-2-11-3-4-13(8-16(11)17(19)20)12-5-6-14(9-18)15(7-12)10-22-21/h3-9,21H,2,10H2,1H3. The first-order valence-corrected chi connectivity index (χ1v) is 6.72. The van der Waals surface area contributed by atoms with Crippen molar-refractivity contribution in [1.82, 2.24) is 0 Å². The Morgan fingerprint density at radius 2 is 1.86 bits per heavy atom. The van der Waals surface area contributed by atoms with Crippen molar-refractivity contribution in [2.45, 2.75) is 20.0 Å². The molecule has 0 aliphatic rings. The molecule has 2 aromatic carbocycles. The quantitative estimate of drug-likeness (QED) is 0.381. The highest BCUT2D eigenvalue weighted by molar-refractivity contribution is 5.80. The number of nitro benzene ring substituents is 1. The van der Waals surface area contributed by atoms with Gasteiger partial charge in [0.25, 0.3) is 5.69 Å². The number of hydrogen-bond acceptors (Lipinski definition) is 5. The van der Waals surface area contributed by atoms with E-state index in [0.29, 0.717) is 40.5 Å². The van der Waals surface area contributed by atoms with E-state index in [1.807, 2.05) is 6.92 Å². The largest absolute Gasteiger partial charge is 0.298 e. The van der Waals surface area contributed by atoms with Crippen LogP contribution in [0.25, 0.3) is 11.1 Å². The summed E-state index contributed by atoms with van der Waals surface area (Å²) in [7, 11) is 0. The number of benzene rings is 2. The van der Waals surface area contributed by atoms with Gasteiger partial charge in [-0.05, 0) is 29.2 Å². The van der Waals surface area contributed by atoms with E-state index in [9.17, 15) is 14.9 Å². The monoisotopic (exact) mass is 301 g/mol. The molecule has 0 saturated carbocycles. The van der Waals surface area contributed by atoms with Gasteiger partial charge in [-0.3, -0.25) is 20.2 Å². The molecule has 2 aromatic rings. The first-order valence-electron chi connectivity index (χ1n) is 6.72. The number of aryl methyl sites for hydroxylation is 1. The Morgan fingerprint density at radius 1 is 1.18 bits per heavy atom. The molecule has 0 fully saturated rings. The first kappa shape index (κ1) is 15.8. The van der Waals surface area contributed by atoms with E-state index in [1.165, 1.54) is 6.07 Å². The predicted molar refractivity (Wildman–Crippen MR) is 80.7 cm³/mol. The molecular weight excluding hydrogens is 286 g/mol. The van der Waals surface area contributed by atoms with Gasteiger partial charge in [-0.25, -0.2) is 4.89 Å². The van der Waals surface area contributed by atoms with E-state index < -0.39 is 4.92 Å². The molecule has 114 valence electrons. The fourth-order valence-electron chi connectivity index (χ4n) is 2.31. The van der Waals surface area contributed by atoms with Gasteiger partial charge in [-0.2, -0.15) is 0 Å². The lowest BCUT2D eigenvalue weighted by molar-refractivity contribution is -0.385. The number of nitrogens with zero attached hydrogens (tertiary/aromatic N) is 1. The first-order chi connectivity index (χ1) is 10.6. The van der Waals surface area contributed by atoms with Crippen LogP contribution in [0.4, 0.5) is 5.69 Å². The Bertz CT molecular complexity index is 712. The molecule has 0 aliphatic heterocycles. The molecule has 6 heteroatoms. The van der Waals surface area contributed by atoms with Crippen molar-refractivity contribution in [3.05, 3.63) is 63.2 Å². The second-order valence-electron chi connectivity index (χ2n) is 4.76. The number of hydrogen-bond donors (Lipinski definition) is 1. The van der Waals surface area contributed by atoms with Crippen molar-refractivity contribution in [2.24, 2.45) is 0 Å². The summed E-state index contributed by atoms with van der Waals surface area (Å²) in [6.45, 7) is 1.73. The second-order valence-corrected chi connectivity index (χ2v) is 4.76. The SMILES string of the molecule is CCc1ccc(-c2ccc(C=O)c(COO)c2)cc1[N+](=O)[O-]. The summed E-state index contributed by atoms with van der Waals surface area (Å²) in [4.78, 5) is 25.8. The van der Waals surface area contributed by atoms with Crippen molar-refractivity contribution >= 4 is 12.0 Å². The molecule has 0 aromatic heterocycles. The van der Waals surface area contributed by atoms with Crippen LogP contribution in [0, 0.1) is 10.1 Å². The molecule has 0 atom stereocenters.